The number of piperazine rings is 1. The Bertz CT molecular complexity index is 487. The van der Waals surface area contributed by atoms with Crippen LogP contribution >= 0.6 is 15.9 Å². The predicted molar refractivity (Wildman–Crippen MR) is 80.3 cm³/mol. The third-order valence-electron chi connectivity index (χ3n) is 4.56. The Kier molecular flexibility index (Phi) is 4.29. The summed E-state index contributed by atoms with van der Waals surface area (Å²) in [7, 11) is 0. The maximum absolute atomic E-state index is 13.5. The second-order valence-electron chi connectivity index (χ2n) is 5.72. The molecule has 0 spiro atoms. The standard InChI is InChI=1S/C15H20BrFN2O/c16-13-12(17)5-4-11(15(13)20)14(10-2-1-3-10)19-8-6-18-7-9-19/h4-5,10,14,18,20H,1-3,6-9H2/t14-/m0/s1. The van der Waals surface area contributed by atoms with Crippen LogP contribution in [0.4, 0.5) is 4.39 Å². The number of halogens is 2. The van der Waals surface area contributed by atoms with Gasteiger partial charge < -0.3 is 10.4 Å². The quantitative estimate of drug-likeness (QED) is 0.886. The van der Waals surface area contributed by atoms with Crippen molar-refractivity contribution < 1.29 is 9.50 Å². The maximum atomic E-state index is 13.5. The zero-order valence-corrected chi connectivity index (χ0v) is 13.0. The summed E-state index contributed by atoms with van der Waals surface area (Å²) in [6.45, 7) is 3.92. The number of phenolic OH excluding ortho intramolecular Hbond substituents is 1. The molecule has 1 aliphatic carbocycles. The van der Waals surface area contributed by atoms with Crippen LogP contribution in [0.15, 0.2) is 16.6 Å². The summed E-state index contributed by atoms with van der Waals surface area (Å²) in [4.78, 5) is 2.43. The minimum atomic E-state index is -0.404. The molecule has 1 aromatic carbocycles. The van der Waals surface area contributed by atoms with Gasteiger partial charge in [-0.3, -0.25) is 4.90 Å². The molecule has 1 heterocycles. The number of hydrogen-bond donors (Lipinski definition) is 2. The van der Waals surface area contributed by atoms with E-state index in [0.29, 0.717) is 5.92 Å². The Labute approximate surface area is 127 Å². The Balaban J connectivity index is 1.94. The van der Waals surface area contributed by atoms with E-state index in [1.165, 1.54) is 25.3 Å². The fourth-order valence-electron chi connectivity index (χ4n) is 3.26. The van der Waals surface area contributed by atoms with Crippen LogP contribution in [-0.2, 0) is 0 Å². The summed E-state index contributed by atoms with van der Waals surface area (Å²) >= 11 is 3.16. The van der Waals surface area contributed by atoms with Crippen LogP contribution in [-0.4, -0.2) is 36.2 Å². The molecule has 1 aliphatic heterocycles. The van der Waals surface area contributed by atoms with E-state index < -0.39 is 5.82 Å². The van der Waals surface area contributed by atoms with Crippen molar-refractivity contribution in [2.75, 3.05) is 26.2 Å². The van der Waals surface area contributed by atoms with E-state index in [4.69, 9.17) is 0 Å². The molecule has 1 saturated carbocycles. The molecule has 110 valence electrons. The summed E-state index contributed by atoms with van der Waals surface area (Å²) in [6.07, 6.45) is 3.66. The van der Waals surface area contributed by atoms with E-state index in [2.05, 4.69) is 26.1 Å². The highest BCUT2D eigenvalue weighted by atomic mass is 79.9. The van der Waals surface area contributed by atoms with Crippen LogP contribution in [0, 0.1) is 11.7 Å². The highest BCUT2D eigenvalue weighted by Crippen LogP contribution is 2.46. The number of benzene rings is 1. The van der Waals surface area contributed by atoms with Gasteiger partial charge in [-0.2, -0.15) is 0 Å². The highest BCUT2D eigenvalue weighted by molar-refractivity contribution is 9.10. The molecule has 0 aromatic heterocycles. The van der Waals surface area contributed by atoms with E-state index in [-0.39, 0.29) is 16.3 Å². The first kappa shape index (κ1) is 14.3. The lowest BCUT2D eigenvalue weighted by Gasteiger charge is -2.43. The van der Waals surface area contributed by atoms with Gasteiger partial charge in [-0.1, -0.05) is 12.5 Å². The Hall–Kier alpha value is -0.650. The number of aromatic hydroxyl groups is 1. The second-order valence-corrected chi connectivity index (χ2v) is 6.51. The summed E-state index contributed by atoms with van der Waals surface area (Å²) in [5, 5.41) is 13.7. The van der Waals surface area contributed by atoms with Crippen LogP contribution in [0.3, 0.4) is 0 Å². The van der Waals surface area contributed by atoms with E-state index in [9.17, 15) is 9.50 Å². The molecule has 1 aromatic rings. The van der Waals surface area contributed by atoms with Gasteiger partial charge in [0.1, 0.15) is 11.6 Å². The second kappa shape index (κ2) is 6.00. The lowest BCUT2D eigenvalue weighted by Crippen LogP contribution is -2.47. The van der Waals surface area contributed by atoms with Crippen molar-refractivity contribution in [3.63, 3.8) is 0 Å². The van der Waals surface area contributed by atoms with E-state index >= 15 is 0 Å². The van der Waals surface area contributed by atoms with E-state index in [1.807, 2.05) is 0 Å². The molecule has 2 fully saturated rings. The maximum Gasteiger partial charge on any atom is 0.141 e. The molecule has 3 nitrogen and oxygen atoms in total. The molecule has 0 amide bonds. The number of rotatable bonds is 3. The SMILES string of the molecule is Oc1c([C@H](C2CCC2)N2CCNCC2)ccc(F)c1Br. The average molecular weight is 343 g/mol. The van der Waals surface area contributed by atoms with Crippen molar-refractivity contribution in [2.24, 2.45) is 5.92 Å². The van der Waals surface area contributed by atoms with Crippen LogP contribution in [0.5, 0.6) is 5.75 Å². The molecule has 2 N–H and O–H groups in total. The molecular weight excluding hydrogens is 323 g/mol. The number of hydrogen-bond acceptors (Lipinski definition) is 3. The van der Waals surface area contributed by atoms with Gasteiger partial charge >= 0.3 is 0 Å². The van der Waals surface area contributed by atoms with Gasteiger partial charge in [0.25, 0.3) is 0 Å². The molecule has 0 bridgehead atoms. The first-order valence-electron chi connectivity index (χ1n) is 7.30. The van der Waals surface area contributed by atoms with Gasteiger partial charge in [-0.05, 0) is 40.8 Å². The molecule has 0 unspecified atom stereocenters. The first-order chi connectivity index (χ1) is 9.68. The van der Waals surface area contributed by atoms with Gasteiger partial charge in [0.05, 0.1) is 4.47 Å². The third-order valence-corrected chi connectivity index (χ3v) is 5.31. The van der Waals surface area contributed by atoms with Crippen LogP contribution in [0.1, 0.15) is 30.9 Å². The van der Waals surface area contributed by atoms with E-state index in [1.54, 1.807) is 6.07 Å². The van der Waals surface area contributed by atoms with Crippen molar-refractivity contribution in [1.82, 2.24) is 10.2 Å². The first-order valence-corrected chi connectivity index (χ1v) is 8.09. The Morgan fingerprint density at radius 2 is 2.00 bits per heavy atom. The minimum absolute atomic E-state index is 0.0698. The van der Waals surface area contributed by atoms with Crippen molar-refractivity contribution in [2.45, 2.75) is 25.3 Å². The lowest BCUT2D eigenvalue weighted by atomic mass is 9.76. The molecule has 1 atom stereocenters. The summed E-state index contributed by atoms with van der Waals surface area (Å²) in [5.41, 5.74) is 0.866. The zero-order chi connectivity index (χ0) is 14.1. The zero-order valence-electron chi connectivity index (χ0n) is 11.4. The minimum Gasteiger partial charge on any atom is -0.506 e. The predicted octanol–water partition coefficient (Wildman–Crippen LogP) is 3.04. The van der Waals surface area contributed by atoms with Gasteiger partial charge in [-0.15, -0.1) is 0 Å². The smallest absolute Gasteiger partial charge is 0.141 e. The number of nitrogens with zero attached hydrogens (tertiary/aromatic N) is 1. The molecule has 3 rings (SSSR count). The summed E-state index contributed by atoms with van der Waals surface area (Å²) in [6, 6.07) is 3.41. The monoisotopic (exact) mass is 342 g/mol. The number of phenols is 1. The molecule has 5 heteroatoms. The van der Waals surface area contributed by atoms with Crippen molar-refractivity contribution in [3.8, 4) is 5.75 Å². The largest absolute Gasteiger partial charge is 0.506 e. The number of nitrogens with one attached hydrogen (secondary N) is 1. The average Bonchev–Trinajstić information content (AvgIpc) is 2.42. The topological polar surface area (TPSA) is 35.5 Å². The van der Waals surface area contributed by atoms with Crippen molar-refractivity contribution in [3.05, 3.63) is 28.0 Å². The summed E-state index contributed by atoms with van der Waals surface area (Å²) < 4.78 is 13.7. The normalized spacial score (nSPS) is 22.5. The Morgan fingerprint density at radius 3 is 2.60 bits per heavy atom. The molecule has 2 aliphatic rings. The lowest BCUT2D eigenvalue weighted by molar-refractivity contribution is 0.0818. The molecule has 1 saturated heterocycles. The fourth-order valence-corrected chi connectivity index (χ4v) is 3.62. The highest BCUT2D eigenvalue weighted by Gasteiger charge is 2.35. The van der Waals surface area contributed by atoms with Crippen molar-refractivity contribution >= 4 is 15.9 Å². The van der Waals surface area contributed by atoms with Gasteiger partial charge in [-0.25, -0.2) is 4.39 Å². The van der Waals surface area contributed by atoms with Crippen molar-refractivity contribution in [1.29, 1.82) is 0 Å². The third kappa shape index (κ3) is 2.59. The van der Waals surface area contributed by atoms with Crippen LogP contribution < -0.4 is 5.32 Å². The fraction of sp³-hybridized carbons (Fsp3) is 0.600. The molecule has 0 radical (unpaired) electrons. The Morgan fingerprint density at radius 1 is 1.30 bits per heavy atom. The van der Waals surface area contributed by atoms with Gasteiger partial charge in [0, 0.05) is 37.8 Å². The summed E-state index contributed by atoms with van der Waals surface area (Å²) in [5.74, 6) is 0.246. The van der Waals surface area contributed by atoms with Gasteiger partial charge in [0.2, 0.25) is 0 Å². The van der Waals surface area contributed by atoms with Crippen LogP contribution in [0.2, 0.25) is 0 Å². The molecule has 20 heavy (non-hydrogen) atoms. The van der Waals surface area contributed by atoms with Gasteiger partial charge in [0.15, 0.2) is 0 Å². The van der Waals surface area contributed by atoms with Crippen LogP contribution in [0.25, 0.3) is 0 Å². The molecular formula is C15H20BrFN2O. The van der Waals surface area contributed by atoms with E-state index in [0.717, 1.165) is 31.7 Å².